The topological polar surface area (TPSA) is 67.6 Å². The Morgan fingerprint density at radius 1 is 1.15 bits per heavy atom. The Morgan fingerprint density at radius 2 is 1.97 bits per heavy atom. The van der Waals surface area contributed by atoms with Crippen molar-refractivity contribution in [3.05, 3.63) is 83.4 Å². The summed E-state index contributed by atoms with van der Waals surface area (Å²) in [5.41, 5.74) is 4.66. The number of nitrogens with zero attached hydrogens (tertiary/aromatic N) is 3. The normalized spacial score (nSPS) is 24.1. The van der Waals surface area contributed by atoms with E-state index >= 15 is 0 Å². The lowest BCUT2D eigenvalue weighted by Gasteiger charge is -2.47. The molecule has 2 aromatic carbocycles. The molecule has 6 heteroatoms. The minimum atomic E-state index is -0.376. The standard InChI is InChI=1S/C27H29N3O3/c1-18-16-29(17-28-18)24-11-8-19(13-26(24)33-2)12-21-9-10-22-14-23(31)15-25(30(22)27(21)32)20-6-4-3-5-7-20/h3-8,11-13,16-17,22-23,25,31H,9-10,14-15H2,1-2H3/t22-,23?,25?/m0/s1. The molecule has 0 saturated carbocycles. The third kappa shape index (κ3) is 4.18. The number of aliphatic hydroxyl groups excluding tert-OH is 1. The number of hydrogen-bond acceptors (Lipinski definition) is 4. The van der Waals surface area contributed by atoms with Crippen molar-refractivity contribution in [2.45, 2.75) is 50.8 Å². The molecule has 0 aliphatic carbocycles. The molecule has 2 fully saturated rings. The highest BCUT2D eigenvalue weighted by Crippen LogP contribution is 2.41. The zero-order valence-electron chi connectivity index (χ0n) is 19.0. The van der Waals surface area contributed by atoms with E-state index in [1.165, 1.54) is 0 Å². The summed E-state index contributed by atoms with van der Waals surface area (Å²) in [7, 11) is 1.65. The molecule has 0 bridgehead atoms. The van der Waals surface area contributed by atoms with Gasteiger partial charge >= 0.3 is 0 Å². The summed E-state index contributed by atoms with van der Waals surface area (Å²) in [5.74, 6) is 0.798. The van der Waals surface area contributed by atoms with E-state index in [0.29, 0.717) is 19.3 Å². The minimum absolute atomic E-state index is 0.0697. The maximum absolute atomic E-state index is 13.6. The van der Waals surface area contributed by atoms with Crippen molar-refractivity contribution in [2.75, 3.05) is 7.11 Å². The first-order chi connectivity index (χ1) is 16.0. The lowest BCUT2D eigenvalue weighted by atomic mass is 9.82. The van der Waals surface area contributed by atoms with Crippen LogP contribution in [-0.2, 0) is 4.79 Å². The van der Waals surface area contributed by atoms with Crippen molar-refractivity contribution in [3.63, 3.8) is 0 Å². The van der Waals surface area contributed by atoms with E-state index in [9.17, 15) is 9.90 Å². The molecule has 33 heavy (non-hydrogen) atoms. The van der Waals surface area contributed by atoms with Crippen molar-refractivity contribution in [1.29, 1.82) is 0 Å². The summed E-state index contributed by atoms with van der Waals surface area (Å²) in [6, 6.07) is 16.0. The predicted octanol–water partition coefficient (Wildman–Crippen LogP) is 4.46. The molecule has 5 rings (SSSR count). The van der Waals surface area contributed by atoms with E-state index in [1.54, 1.807) is 13.4 Å². The van der Waals surface area contributed by atoms with Crippen LogP contribution in [0.3, 0.4) is 0 Å². The fraction of sp³-hybridized carbons (Fsp3) is 0.333. The molecule has 2 saturated heterocycles. The SMILES string of the molecule is COc1cc(C=C2CC[C@H]3CC(O)CC(c4ccccc4)N3C2=O)ccc1-n1cnc(C)c1. The second-order valence-electron chi connectivity index (χ2n) is 8.98. The molecule has 170 valence electrons. The van der Waals surface area contributed by atoms with Crippen LogP contribution in [0, 0.1) is 6.92 Å². The van der Waals surface area contributed by atoms with Gasteiger partial charge in [-0.05, 0) is 61.9 Å². The highest BCUT2D eigenvalue weighted by molar-refractivity contribution is 5.99. The number of aliphatic hydroxyl groups is 1. The van der Waals surface area contributed by atoms with Gasteiger partial charge in [0.2, 0.25) is 0 Å². The number of fused-ring (bicyclic) bond motifs is 1. The Labute approximate surface area is 194 Å². The first-order valence-electron chi connectivity index (χ1n) is 11.5. The van der Waals surface area contributed by atoms with Crippen molar-refractivity contribution in [3.8, 4) is 11.4 Å². The number of carbonyl (C=O) groups is 1. The third-order valence-electron chi connectivity index (χ3n) is 6.74. The maximum Gasteiger partial charge on any atom is 0.250 e. The number of piperidine rings is 2. The fourth-order valence-corrected chi connectivity index (χ4v) is 5.17. The summed E-state index contributed by atoms with van der Waals surface area (Å²) < 4.78 is 7.57. The molecule has 1 N–H and O–H groups in total. The molecule has 2 unspecified atom stereocenters. The summed E-state index contributed by atoms with van der Waals surface area (Å²) in [4.78, 5) is 19.9. The van der Waals surface area contributed by atoms with Crippen molar-refractivity contribution in [2.24, 2.45) is 0 Å². The molecule has 2 aliphatic heterocycles. The zero-order chi connectivity index (χ0) is 22.9. The van der Waals surface area contributed by atoms with Gasteiger partial charge < -0.3 is 19.3 Å². The first kappa shape index (κ1) is 21.5. The van der Waals surface area contributed by atoms with Crippen LogP contribution in [0.25, 0.3) is 11.8 Å². The highest BCUT2D eigenvalue weighted by Gasteiger charge is 2.42. The molecule has 2 aliphatic rings. The van der Waals surface area contributed by atoms with Crippen molar-refractivity contribution in [1.82, 2.24) is 14.5 Å². The van der Waals surface area contributed by atoms with Crippen LogP contribution >= 0.6 is 0 Å². The Kier molecular flexibility index (Phi) is 5.77. The van der Waals surface area contributed by atoms with Gasteiger partial charge in [0.25, 0.3) is 5.91 Å². The molecule has 6 nitrogen and oxygen atoms in total. The number of hydrogen-bond donors (Lipinski definition) is 1. The average molecular weight is 444 g/mol. The zero-order valence-corrected chi connectivity index (χ0v) is 19.0. The van der Waals surface area contributed by atoms with Gasteiger partial charge in [0.15, 0.2) is 0 Å². The quantitative estimate of drug-likeness (QED) is 0.605. The van der Waals surface area contributed by atoms with Crippen LogP contribution in [0.4, 0.5) is 0 Å². The minimum Gasteiger partial charge on any atom is -0.495 e. The molecular formula is C27H29N3O3. The van der Waals surface area contributed by atoms with Crippen molar-refractivity contribution >= 4 is 12.0 Å². The smallest absolute Gasteiger partial charge is 0.250 e. The highest BCUT2D eigenvalue weighted by atomic mass is 16.5. The Bertz CT molecular complexity index is 1180. The molecule has 3 heterocycles. The van der Waals surface area contributed by atoms with Crippen LogP contribution < -0.4 is 4.74 Å². The van der Waals surface area contributed by atoms with Crippen LogP contribution in [-0.4, -0.2) is 44.7 Å². The van der Waals surface area contributed by atoms with Gasteiger partial charge in [0, 0.05) is 17.8 Å². The van der Waals surface area contributed by atoms with Crippen LogP contribution in [0.5, 0.6) is 5.75 Å². The molecular weight excluding hydrogens is 414 g/mol. The van der Waals surface area contributed by atoms with E-state index in [0.717, 1.165) is 40.3 Å². The lowest BCUT2D eigenvalue weighted by molar-refractivity contribution is -0.139. The van der Waals surface area contributed by atoms with E-state index in [1.807, 2.05) is 77.2 Å². The van der Waals surface area contributed by atoms with E-state index in [2.05, 4.69) is 4.98 Å². The van der Waals surface area contributed by atoms with Gasteiger partial charge in [-0.15, -0.1) is 0 Å². The number of aryl methyl sites for hydroxylation is 1. The van der Waals surface area contributed by atoms with E-state index in [4.69, 9.17) is 4.74 Å². The van der Waals surface area contributed by atoms with Gasteiger partial charge in [0.1, 0.15) is 5.75 Å². The summed E-state index contributed by atoms with van der Waals surface area (Å²) in [6.45, 7) is 1.95. The van der Waals surface area contributed by atoms with E-state index in [-0.39, 0.29) is 24.1 Å². The van der Waals surface area contributed by atoms with Gasteiger partial charge in [0.05, 0.1) is 37.0 Å². The molecule has 1 aromatic heterocycles. The number of carbonyl (C=O) groups excluding carboxylic acids is 1. The van der Waals surface area contributed by atoms with Crippen LogP contribution in [0.15, 0.2) is 66.6 Å². The number of amides is 1. The number of imidazole rings is 1. The summed E-state index contributed by atoms with van der Waals surface area (Å²) in [6.07, 6.45) is 8.12. The van der Waals surface area contributed by atoms with Gasteiger partial charge in [-0.2, -0.15) is 0 Å². The van der Waals surface area contributed by atoms with E-state index < -0.39 is 0 Å². The molecule has 3 aromatic rings. The fourth-order valence-electron chi connectivity index (χ4n) is 5.17. The van der Waals surface area contributed by atoms with Gasteiger partial charge in [-0.1, -0.05) is 36.4 Å². The molecule has 0 radical (unpaired) electrons. The molecule has 0 spiro atoms. The molecule has 1 amide bonds. The van der Waals surface area contributed by atoms with Gasteiger partial charge in [-0.3, -0.25) is 4.79 Å². The van der Waals surface area contributed by atoms with Crippen LogP contribution in [0.1, 0.15) is 48.5 Å². The molecule has 3 atom stereocenters. The van der Waals surface area contributed by atoms with Crippen LogP contribution in [0.2, 0.25) is 0 Å². The number of ether oxygens (including phenoxy) is 1. The van der Waals surface area contributed by atoms with Crippen molar-refractivity contribution < 1.29 is 14.6 Å². The number of aromatic nitrogens is 2. The Morgan fingerprint density at radius 3 is 2.70 bits per heavy atom. The average Bonchev–Trinajstić information content (AvgIpc) is 3.26. The summed E-state index contributed by atoms with van der Waals surface area (Å²) in [5, 5.41) is 10.5. The van der Waals surface area contributed by atoms with Gasteiger partial charge in [-0.25, -0.2) is 4.98 Å². The summed E-state index contributed by atoms with van der Waals surface area (Å²) >= 11 is 0. The maximum atomic E-state index is 13.6. The first-order valence-corrected chi connectivity index (χ1v) is 11.5. The number of methoxy groups -OCH3 is 1. The Hall–Kier alpha value is -3.38. The monoisotopic (exact) mass is 443 g/mol. The lowest BCUT2D eigenvalue weighted by Crippen LogP contribution is -2.52. The third-order valence-corrected chi connectivity index (χ3v) is 6.74. The predicted molar refractivity (Wildman–Crippen MR) is 127 cm³/mol. The Balaban J connectivity index is 1.45. The largest absolute Gasteiger partial charge is 0.495 e. The number of rotatable bonds is 4. The second kappa shape index (κ2) is 8.87. The second-order valence-corrected chi connectivity index (χ2v) is 8.98. The number of benzene rings is 2.